The van der Waals surface area contributed by atoms with Crippen LogP contribution < -0.4 is 0 Å². The number of aliphatic carboxylic acids is 2. The number of rotatable bonds is 6. The lowest BCUT2D eigenvalue weighted by Crippen LogP contribution is -2.36. The summed E-state index contributed by atoms with van der Waals surface area (Å²) in [5.41, 5.74) is 0.926. The molecule has 0 heterocycles. The molecule has 0 unspecified atom stereocenters. The molecule has 1 atom stereocenters. The molecule has 0 radical (unpaired) electrons. The first kappa shape index (κ1) is 15.0. The summed E-state index contributed by atoms with van der Waals surface area (Å²) < 4.78 is 0. The summed E-state index contributed by atoms with van der Waals surface area (Å²) in [7, 11) is 0. The second-order valence-corrected chi connectivity index (χ2v) is 4.94. The Morgan fingerprint density at radius 3 is 2.19 bits per heavy atom. The van der Waals surface area contributed by atoms with Crippen molar-refractivity contribution in [3.05, 3.63) is 48.0 Å². The first-order valence-electron chi connectivity index (χ1n) is 6.64. The number of carboxylic acid groups (broad SMARTS) is 2. The summed E-state index contributed by atoms with van der Waals surface area (Å²) in [6, 6.07) is 13.3. The molecule has 0 aliphatic carbocycles. The maximum Gasteiger partial charge on any atom is 0.317 e. The highest BCUT2D eigenvalue weighted by molar-refractivity contribution is 5.86. The third kappa shape index (κ3) is 3.58. The van der Waals surface area contributed by atoms with Crippen LogP contribution in [0.3, 0.4) is 0 Å². The molecule has 0 bridgehead atoms. The van der Waals surface area contributed by atoms with Crippen molar-refractivity contribution in [2.45, 2.75) is 13.0 Å². The maximum absolute atomic E-state index is 11.0. The fraction of sp³-hybridized carbons (Fsp3) is 0.250. The number of hydrogen-bond acceptors (Lipinski definition) is 3. The molecule has 0 fully saturated rings. The van der Waals surface area contributed by atoms with E-state index in [4.69, 9.17) is 10.2 Å². The molecule has 0 aliphatic heterocycles. The smallest absolute Gasteiger partial charge is 0.317 e. The van der Waals surface area contributed by atoms with Gasteiger partial charge in [0, 0.05) is 6.04 Å². The van der Waals surface area contributed by atoms with Crippen molar-refractivity contribution in [1.29, 1.82) is 0 Å². The van der Waals surface area contributed by atoms with Gasteiger partial charge in [-0.3, -0.25) is 14.5 Å². The van der Waals surface area contributed by atoms with Crippen LogP contribution in [0.4, 0.5) is 0 Å². The molecule has 5 heteroatoms. The fourth-order valence-corrected chi connectivity index (χ4v) is 2.49. The Morgan fingerprint density at radius 1 is 1.00 bits per heavy atom. The van der Waals surface area contributed by atoms with Gasteiger partial charge in [-0.25, -0.2) is 0 Å². The average Bonchev–Trinajstić information content (AvgIpc) is 2.44. The molecule has 0 saturated heterocycles. The number of carbonyl (C=O) groups is 2. The van der Waals surface area contributed by atoms with Crippen LogP contribution in [0.5, 0.6) is 0 Å². The Hall–Kier alpha value is -2.40. The molecule has 2 N–H and O–H groups in total. The largest absolute Gasteiger partial charge is 0.480 e. The SMILES string of the molecule is C[C@@H](c1cccc2ccccc12)N(CC(=O)O)CC(=O)O. The molecule has 2 rings (SSSR count). The van der Waals surface area contributed by atoms with Crippen LogP contribution in [0.15, 0.2) is 42.5 Å². The monoisotopic (exact) mass is 287 g/mol. The molecular weight excluding hydrogens is 270 g/mol. The first-order valence-corrected chi connectivity index (χ1v) is 6.64. The average molecular weight is 287 g/mol. The minimum atomic E-state index is -1.04. The van der Waals surface area contributed by atoms with Gasteiger partial charge in [-0.15, -0.1) is 0 Å². The first-order chi connectivity index (χ1) is 9.99. The highest BCUT2D eigenvalue weighted by Gasteiger charge is 2.22. The second kappa shape index (κ2) is 6.37. The van der Waals surface area contributed by atoms with E-state index in [1.165, 1.54) is 4.90 Å². The van der Waals surface area contributed by atoms with E-state index < -0.39 is 11.9 Å². The van der Waals surface area contributed by atoms with Gasteiger partial charge in [-0.2, -0.15) is 0 Å². The quantitative estimate of drug-likeness (QED) is 0.853. The van der Waals surface area contributed by atoms with E-state index in [1.54, 1.807) is 0 Å². The minimum Gasteiger partial charge on any atom is -0.480 e. The predicted molar refractivity (Wildman–Crippen MR) is 79.2 cm³/mol. The molecule has 0 amide bonds. The van der Waals surface area contributed by atoms with Crippen LogP contribution in [0, 0.1) is 0 Å². The van der Waals surface area contributed by atoms with E-state index in [-0.39, 0.29) is 19.1 Å². The second-order valence-electron chi connectivity index (χ2n) is 4.94. The van der Waals surface area contributed by atoms with Crippen molar-refractivity contribution < 1.29 is 19.8 Å². The number of carboxylic acids is 2. The Bertz CT molecular complexity index is 647. The van der Waals surface area contributed by atoms with Crippen LogP contribution in [0.25, 0.3) is 10.8 Å². The minimum absolute atomic E-state index is 0.303. The normalized spacial score (nSPS) is 12.5. The topological polar surface area (TPSA) is 77.8 Å². The van der Waals surface area contributed by atoms with Crippen LogP contribution in [0.2, 0.25) is 0 Å². The summed E-state index contributed by atoms with van der Waals surface area (Å²) in [4.78, 5) is 23.3. The summed E-state index contributed by atoms with van der Waals surface area (Å²) in [6.07, 6.45) is 0. The van der Waals surface area contributed by atoms with Gasteiger partial charge in [0.05, 0.1) is 13.1 Å². The molecule has 0 saturated carbocycles. The van der Waals surface area contributed by atoms with Gasteiger partial charge in [0.1, 0.15) is 0 Å². The molecule has 0 spiro atoms. The third-order valence-electron chi connectivity index (χ3n) is 3.50. The fourth-order valence-electron chi connectivity index (χ4n) is 2.49. The lowest BCUT2D eigenvalue weighted by molar-refractivity contribution is -0.142. The Balaban J connectivity index is 2.40. The van der Waals surface area contributed by atoms with E-state index in [1.807, 2.05) is 49.4 Å². The maximum atomic E-state index is 11.0. The third-order valence-corrected chi connectivity index (χ3v) is 3.50. The van der Waals surface area contributed by atoms with Crippen LogP contribution in [-0.2, 0) is 9.59 Å². The van der Waals surface area contributed by atoms with Gasteiger partial charge in [-0.1, -0.05) is 42.5 Å². The summed E-state index contributed by atoms with van der Waals surface area (Å²) >= 11 is 0. The van der Waals surface area contributed by atoms with E-state index >= 15 is 0 Å². The van der Waals surface area contributed by atoms with E-state index in [0.29, 0.717) is 0 Å². The van der Waals surface area contributed by atoms with Gasteiger partial charge in [0.15, 0.2) is 0 Å². The van der Waals surface area contributed by atoms with Crippen molar-refractivity contribution in [2.24, 2.45) is 0 Å². The predicted octanol–water partition coefficient (Wildman–Crippen LogP) is 2.37. The molecule has 0 aliphatic rings. The standard InChI is InChI=1S/C16H17NO4/c1-11(17(9-15(18)19)10-16(20)21)13-8-4-6-12-5-2-3-7-14(12)13/h2-8,11H,9-10H2,1H3,(H,18,19)(H,20,21)/t11-/m0/s1. The van der Waals surface area contributed by atoms with E-state index in [0.717, 1.165) is 16.3 Å². The summed E-state index contributed by atoms with van der Waals surface area (Å²) in [6.45, 7) is 1.21. The molecule has 110 valence electrons. The zero-order chi connectivity index (χ0) is 15.4. The Labute approximate surface area is 122 Å². The zero-order valence-corrected chi connectivity index (χ0v) is 11.7. The highest BCUT2D eigenvalue weighted by Crippen LogP contribution is 2.27. The lowest BCUT2D eigenvalue weighted by Gasteiger charge is -2.27. The van der Waals surface area contributed by atoms with Crippen molar-refractivity contribution in [1.82, 2.24) is 4.90 Å². The molecule has 0 aromatic heterocycles. The molecule has 2 aromatic carbocycles. The van der Waals surface area contributed by atoms with Crippen molar-refractivity contribution in [3.63, 3.8) is 0 Å². The van der Waals surface area contributed by atoms with E-state index in [2.05, 4.69) is 0 Å². The van der Waals surface area contributed by atoms with Crippen molar-refractivity contribution >= 4 is 22.7 Å². The van der Waals surface area contributed by atoms with Gasteiger partial charge >= 0.3 is 11.9 Å². The molecule has 2 aromatic rings. The van der Waals surface area contributed by atoms with Gasteiger partial charge < -0.3 is 10.2 Å². The van der Waals surface area contributed by atoms with Gasteiger partial charge in [0.2, 0.25) is 0 Å². The molecule has 5 nitrogen and oxygen atoms in total. The summed E-state index contributed by atoms with van der Waals surface area (Å²) in [5.74, 6) is -2.08. The molecular formula is C16H17NO4. The van der Waals surface area contributed by atoms with Gasteiger partial charge in [-0.05, 0) is 23.3 Å². The Morgan fingerprint density at radius 2 is 1.57 bits per heavy atom. The highest BCUT2D eigenvalue weighted by atomic mass is 16.4. The number of nitrogens with zero attached hydrogens (tertiary/aromatic N) is 1. The summed E-state index contributed by atoms with van der Waals surface area (Å²) in [5, 5.41) is 20.0. The van der Waals surface area contributed by atoms with Crippen LogP contribution >= 0.6 is 0 Å². The number of hydrogen-bond donors (Lipinski definition) is 2. The number of fused-ring (bicyclic) bond motifs is 1. The van der Waals surface area contributed by atoms with Gasteiger partial charge in [0.25, 0.3) is 0 Å². The zero-order valence-electron chi connectivity index (χ0n) is 11.7. The van der Waals surface area contributed by atoms with E-state index in [9.17, 15) is 9.59 Å². The molecule has 21 heavy (non-hydrogen) atoms. The Kier molecular flexibility index (Phi) is 4.55. The van der Waals surface area contributed by atoms with Crippen LogP contribution in [-0.4, -0.2) is 40.1 Å². The number of benzene rings is 2. The lowest BCUT2D eigenvalue weighted by atomic mass is 9.98. The van der Waals surface area contributed by atoms with Crippen LogP contribution in [0.1, 0.15) is 18.5 Å². The van der Waals surface area contributed by atoms with Crippen molar-refractivity contribution in [3.8, 4) is 0 Å². The van der Waals surface area contributed by atoms with Crippen molar-refractivity contribution in [2.75, 3.05) is 13.1 Å².